The second kappa shape index (κ2) is 9.84. The lowest BCUT2D eigenvalue weighted by molar-refractivity contribution is -0.154. The molecule has 0 fully saturated rings. The number of rotatable bonds is 10. The van der Waals surface area contributed by atoms with Gasteiger partial charge in [-0.2, -0.15) is 0 Å². The molecule has 28 heavy (non-hydrogen) atoms. The molecule has 3 amide bonds. The zero-order valence-corrected chi connectivity index (χ0v) is 16.3. The Morgan fingerprint density at radius 1 is 1.39 bits per heavy atom. The largest absolute Gasteiger partial charge is 0.438 e. The van der Waals surface area contributed by atoms with Crippen LogP contribution in [0.3, 0.4) is 0 Å². The van der Waals surface area contributed by atoms with Gasteiger partial charge in [0.2, 0.25) is 18.2 Å². The summed E-state index contributed by atoms with van der Waals surface area (Å²) in [7, 11) is 1.55. The highest BCUT2D eigenvalue weighted by Gasteiger charge is 2.24. The lowest BCUT2D eigenvalue weighted by Gasteiger charge is -2.21. The molecule has 2 aromatic rings. The summed E-state index contributed by atoms with van der Waals surface area (Å²) in [4.78, 5) is 39.4. The number of nitrogens with zero attached hydrogens (tertiary/aromatic N) is 2. The van der Waals surface area contributed by atoms with Crippen molar-refractivity contribution in [1.29, 1.82) is 0 Å². The first-order valence-electron chi connectivity index (χ1n) is 9.23. The predicted molar refractivity (Wildman–Crippen MR) is 102 cm³/mol. The molecule has 0 spiro atoms. The number of fused-ring (bicyclic) bond motifs is 1. The minimum absolute atomic E-state index is 0.0783. The van der Waals surface area contributed by atoms with E-state index in [2.05, 4.69) is 15.6 Å². The number of unbranched alkanes of at least 4 members (excludes halogenated alkanes) is 1. The maximum atomic E-state index is 12.6. The number of aromatic nitrogens is 1. The number of nitrogens with one attached hydrogen (secondary N) is 2. The van der Waals surface area contributed by atoms with Gasteiger partial charge in [0, 0.05) is 12.6 Å². The normalized spacial score (nSPS) is 13.0. The van der Waals surface area contributed by atoms with Crippen LogP contribution < -0.4 is 10.6 Å². The molecule has 0 saturated carbocycles. The van der Waals surface area contributed by atoms with Crippen LogP contribution in [0.2, 0.25) is 0 Å². The highest BCUT2D eigenvalue weighted by molar-refractivity contribution is 5.96. The molecule has 0 radical (unpaired) electrons. The topological polar surface area (TPSA) is 125 Å². The third-order valence-electron chi connectivity index (χ3n) is 4.43. The van der Waals surface area contributed by atoms with Gasteiger partial charge in [-0.25, -0.2) is 10.0 Å². The molecule has 0 aliphatic heterocycles. The zero-order chi connectivity index (χ0) is 20.7. The van der Waals surface area contributed by atoms with E-state index in [1.54, 1.807) is 32.2 Å². The van der Waals surface area contributed by atoms with Crippen molar-refractivity contribution in [3.63, 3.8) is 0 Å². The van der Waals surface area contributed by atoms with Crippen LogP contribution in [0.25, 0.3) is 11.1 Å². The summed E-state index contributed by atoms with van der Waals surface area (Å²) in [6.45, 7) is 3.65. The van der Waals surface area contributed by atoms with E-state index < -0.39 is 12.0 Å². The standard InChI is InChI=1S/C19H26N4O5/c1-4-5-6-14(10-23(27)11-24)18(26)21-12(2)19-22-15-9-13(17(25)20-3)7-8-16(15)28-19/h7-9,11-12,14,27H,4-6,10H2,1-3H3,(H,20,25)(H,21,26)/t12-,14?/m0/s1. The molecule has 2 atom stereocenters. The maximum absolute atomic E-state index is 12.6. The average Bonchev–Trinajstić information content (AvgIpc) is 3.13. The minimum atomic E-state index is -0.540. The van der Waals surface area contributed by atoms with Crippen molar-refractivity contribution in [3.05, 3.63) is 29.7 Å². The van der Waals surface area contributed by atoms with E-state index in [-0.39, 0.29) is 24.8 Å². The highest BCUT2D eigenvalue weighted by atomic mass is 16.5. The van der Waals surface area contributed by atoms with E-state index in [0.29, 0.717) is 34.0 Å². The van der Waals surface area contributed by atoms with Crippen LogP contribution in [0.15, 0.2) is 22.6 Å². The fourth-order valence-electron chi connectivity index (χ4n) is 2.83. The van der Waals surface area contributed by atoms with Crippen LogP contribution in [0, 0.1) is 5.92 Å². The highest BCUT2D eigenvalue weighted by Crippen LogP contribution is 2.22. The van der Waals surface area contributed by atoms with Gasteiger partial charge in [0.25, 0.3) is 5.91 Å². The van der Waals surface area contributed by atoms with Crippen molar-refractivity contribution in [2.45, 2.75) is 39.2 Å². The van der Waals surface area contributed by atoms with Gasteiger partial charge in [-0.3, -0.25) is 19.6 Å². The van der Waals surface area contributed by atoms with Gasteiger partial charge in [0.05, 0.1) is 12.5 Å². The van der Waals surface area contributed by atoms with Crippen LogP contribution in [-0.2, 0) is 9.59 Å². The first-order chi connectivity index (χ1) is 13.4. The quantitative estimate of drug-likeness (QED) is 0.324. The molecule has 0 bridgehead atoms. The van der Waals surface area contributed by atoms with Gasteiger partial charge < -0.3 is 15.1 Å². The van der Waals surface area contributed by atoms with Crippen molar-refractivity contribution in [2.75, 3.05) is 13.6 Å². The molecule has 0 saturated heterocycles. The van der Waals surface area contributed by atoms with Crippen molar-refractivity contribution in [2.24, 2.45) is 5.92 Å². The lowest BCUT2D eigenvalue weighted by Crippen LogP contribution is -2.38. The number of amides is 3. The van der Waals surface area contributed by atoms with Crippen LogP contribution in [0.5, 0.6) is 0 Å². The monoisotopic (exact) mass is 390 g/mol. The Morgan fingerprint density at radius 3 is 2.79 bits per heavy atom. The SMILES string of the molecule is CCCCC(CN(O)C=O)C(=O)N[C@@H](C)c1nc2cc(C(=O)NC)ccc2o1. The van der Waals surface area contributed by atoms with E-state index in [0.717, 1.165) is 12.8 Å². The minimum Gasteiger partial charge on any atom is -0.438 e. The van der Waals surface area contributed by atoms with Crippen molar-refractivity contribution < 1.29 is 24.0 Å². The number of hydrogen-bond donors (Lipinski definition) is 3. The number of hydroxylamine groups is 2. The molecule has 9 nitrogen and oxygen atoms in total. The molecule has 152 valence electrons. The summed E-state index contributed by atoms with van der Waals surface area (Å²) in [5.74, 6) is -0.754. The van der Waals surface area contributed by atoms with Crippen molar-refractivity contribution in [1.82, 2.24) is 20.7 Å². The Kier molecular flexibility index (Phi) is 7.51. The molecule has 9 heteroatoms. The van der Waals surface area contributed by atoms with Crippen molar-refractivity contribution in [3.8, 4) is 0 Å². The van der Waals surface area contributed by atoms with Crippen LogP contribution in [0.1, 0.15) is 55.4 Å². The molecule has 1 aromatic heterocycles. The summed E-state index contributed by atoms with van der Waals surface area (Å²) in [5, 5.41) is 15.3. The third-order valence-corrected chi connectivity index (χ3v) is 4.43. The summed E-state index contributed by atoms with van der Waals surface area (Å²) in [5.41, 5.74) is 1.49. The molecule has 1 heterocycles. The second-order valence-electron chi connectivity index (χ2n) is 6.61. The molecule has 0 aliphatic rings. The summed E-state index contributed by atoms with van der Waals surface area (Å²) >= 11 is 0. The van der Waals surface area contributed by atoms with Gasteiger partial charge in [0.15, 0.2) is 5.58 Å². The van der Waals surface area contributed by atoms with Gasteiger partial charge >= 0.3 is 0 Å². The van der Waals surface area contributed by atoms with Crippen LogP contribution in [-0.4, -0.2) is 47.1 Å². The first kappa shape index (κ1) is 21.4. The molecular weight excluding hydrogens is 364 g/mol. The van der Waals surface area contributed by atoms with E-state index in [1.165, 1.54) is 0 Å². The van der Waals surface area contributed by atoms with Gasteiger partial charge in [0.1, 0.15) is 11.6 Å². The maximum Gasteiger partial charge on any atom is 0.251 e. The van der Waals surface area contributed by atoms with Gasteiger partial charge in [-0.1, -0.05) is 19.8 Å². The fourth-order valence-corrected chi connectivity index (χ4v) is 2.83. The molecule has 1 unspecified atom stereocenters. The first-order valence-corrected chi connectivity index (χ1v) is 9.23. The average molecular weight is 390 g/mol. The molecule has 3 N–H and O–H groups in total. The van der Waals surface area contributed by atoms with Gasteiger partial charge in [-0.05, 0) is 31.5 Å². The van der Waals surface area contributed by atoms with E-state index >= 15 is 0 Å². The molecular formula is C19H26N4O5. The zero-order valence-electron chi connectivity index (χ0n) is 16.3. The Bertz CT molecular complexity index is 835. The number of benzene rings is 1. The molecule has 2 rings (SSSR count). The lowest BCUT2D eigenvalue weighted by atomic mass is 10.0. The Morgan fingerprint density at radius 2 is 2.14 bits per heavy atom. The van der Waals surface area contributed by atoms with Crippen LogP contribution in [0.4, 0.5) is 0 Å². The summed E-state index contributed by atoms with van der Waals surface area (Å²) in [6, 6.07) is 4.39. The number of oxazole rings is 1. The van der Waals surface area contributed by atoms with E-state index in [9.17, 15) is 19.6 Å². The van der Waals surface area contributed by atoms with E-state index in [1.807, 2.05) is 6.92 Å². The fraction of sp³-hybridized carbons (Fsp3) is 0.474. The number of carbonyl (C=O) groups excluding carboxylic acids is 3. The second-order valence-corrected chi connectivity index (χ2v) is 6.61. The number of hydrogen-bond acceptors (Lipinski definition) is 6. The van der Waals surface area contributed by atoms with E-state index in [4.69, 9.17) is 4.42 Å². The Hall–Kier alpha value is -2.94. The summed E-state index contributed by atoms with van der Waals surface area (Å²) in [6.07, 6.45) is 2.51. The smallest absolute Gasteiger partial charge is 0.251 e. The number of carbonyl (C=O) groups is 3. The Labute approximate surface area is 163 Å². The third kappa shape index (κ3) is 5.29. The van der Waals surface area contributed by atoms with Crippen LogP contribution >= 0.6 is 0 Å². The predicted octanol–water partition coefficient (Wildman–Crippen LogP) is 2.02. The summed E-state index contributed by atoms with van der Waals surface area (Å²) < 4.78 is 5.69. The van der Waals surface area contributed by atoms with Gasteiger partial charge in [-0.15, -0.1) is 0 Å². The molecule has 1 aromatic carbocycles. The van der Waals surface area contributed by atoms with Crippen molar-refractivity contribution >= 4 is 29.3 Å². The Balaban J connectivity index is 2.12. The molecule has 0 aliphatic carbocycles.